The molecule has 2 aromatic rings. The fourth-order valence-corrected chi connectivity index (χ4v) is 3.70. The van der Waals surface area contributed by atoms with Gasteiger partial charge in [0.1, 0.15) is 5.82 Å². The van der Waals surface area contributed by atoms with Crippen LogP contribution in [0.3, 0.4) is 0 Å². The van der Waals surface area contributed by atoms with E-state index in [2.05, 4.69) is 20.5 Å². The summed E-state index contributed by atoms with van der Waals surface area (Å²) in [7, 11) is 0. The number of hydrogen-bond acceptors (Lipinski definition) is 6. The smallest absolute Gasteiger partial charge is 0.338 e. The van der Waals surface area contributed by atoms with Gasteiger partial charge in [-0.3, -0.25) is 0 Å². The molecule has 3 rings (SSSR count). The molecule has 2 amide bonds. The number of hydrogen-bond donors (Lipinski definition) is 2. The van der Waals surface area contributed by atoms with Crippen LogP contribution in [0.4, 0.5) is 16.3 Å². The SMILES string of the molecule is CCOC(=O)c1ccc(NC(=O)NCc2ccnc(N3CCSCC3)c2)cc1. The van der Waals surface area contributed by atoms with Gasteiger partial charge in [0.25, 0.3) is 0 Å². The lowest BCUT2D eigenvalue weighted by molar-refractivity contribution is 0.0526. The Morgan fingerprint density at radius 1 is 1.18 bits per heavy atom. The zero-order valence-corrected chi connectivity index (χ0v) is 16.6. The lowest BCUT2D eigenvalue weighted by atomic mass is 10.2. The summed E-state index contributed by atoms with van der Waals surface area (Å²) in [6, 6.07) is 10.2. The van der Waals surface area contributed by atoms with Crippen molar-refractivity contribution in [2.24, 2.45) is 0 Å². The summed E-state index contributed by atoms with van der Waals surface area (Å²) in [4.78, 5) is 30.5. The number of esters is 1. The molecule has 7 nitrogen and oxygen atoms in total. The topological polar surface area (TPSA) is 83.6 Å². The van der Waals surface area contributed by atoms with Crippen LogP contribution >= 0.6 is 11.8 Å². The Morgan fingerprint density at radius 2 is 1.93 bits per heavy atom. The number of pyridine rings is 1. The highest BCUT2D eigenvalue weighted by molar-refractivity contribution is 7.99. The van der Waals surface area contributed by atoms with Crippen LogP contribution in [0.1, 0.15) is 22.8 Å². The van der Waals surface area contributed by atoms with E-state index in [0.717, 1.165) is 36.0 Å². The lowest BCUT2D eigenvalue weighted by Gasteiger charge is -2.27. The van der Waals surface area contributed by atoms with Crippen molar-refractivity contribution in [2.45, 2.75) is 13.5 Å². The van der Waals surface area contributed by atoms with Crippen molar-refractivity contribution < 1.29 is 14.3 Å². The van der Waals surface area contributed by atoms with Gasteiger partial charge in [0.05, 0.1) is 12.2 Å². The summed E-state index contributed by atoms with van der Waals surface area (Å²) in [5.74, 6) is 2.80. The summed E-state index contributed by atoms with van der Waals surface area (Å²) in [6.07, 6.45) is 1.78. The fraction of sp³-hybridized carbons (Fsp3) is 0.350. The lowest BCUT2D eigenvalue weighted by Crippen LogP contribution is -2.33. The van der Waals surface area contributed by atoms with Crippen molar-refractivity contribution in [2.75, 3.05) is 41.4 Å². The number of thioether (sulfide) groups is 1. The molecule has 1 fully saturated rings. The van der Waals surface area contributed by atoms with E-state index in [0.29, 0.717) is 24.4 Å². The van der Waals surface area contributed by atoms with Gasteiger partial charge >= 0.3 is 12.0 Å². The van der Waals surface area contributed by atoms with Crippen molar-refractivity contribution in [1.29, 1.82) is 0 Å². The van der Waals surface area contributed by atoms with E-state index in [1.54, 1.807) is 37.4 Å². The molecule has 1 aromatic carbocycles. The molecule has 8 heteroatoms. The third-order valence-electron chi connectivity index (χ3n) is 4.25. The normalized spacial score (nSPS) is 13.7. The molecule has 0 bridgehead atoms. The Hall–Kier alpha value is -2.74. The zero-order valence-electron chi connectivity index (χ0n) is 15.8. The molecule has 28 heavy (non-hydrogen) atoms. The molecular formula is C20H24N4O3S. The van der Waals surface area contributed by atoms with Crippen LogP contribution in [0.5, 0.6) is 0 Å². The number of benzene rings is 1. The standard InChI is InChI=1S/C20H24N4O3S/c1-2-27-19(25)16-3-5-17(6-4-16)23-20(26)22-14-15-7-8-21-18(13-15)24-9-11-28-12-10-24/h3-8,13H,2,9-12,14H2,1H3,(H2,22,23,26). The van der Waals surface area contributed by atoms with E-state index in [-0.39, 0.29) is 12.0 Å². The maximum Gasteiger partial charge on any atom is 0.338 e. The molecule has 1 saturated heterocycles. The van der Waals surface area contributed by atoms with Crippen LogP contribution in [-0.4, -0.2) is 48.2 Å². The summed E-state index contributed by atoms with van der Waals surface area (Å²) < 4.78 is 4.94. The summed E-state index contributed by atoms with van der Waals surface area (Å²) >= 11 is 1.96. The van der Waals surface area contributed by atoms with Gasteiger partial charge in [-0.2, -0.15) is 11.8 Å². The van der Waals surface area contributed by atoms with Crippen LogP contribution in [0, 0.1) is 0 Å². The Kier molecular flexibility index (Phi) is 7.13. The molecule has 1 aliphatic heterocycles. The van der Waals surface area contributed by atoms with Crippen LogP contribution in [-0.2, 0) is 11.3 Å². The highest BCUT2D eigenvalue weighted by Gasteiger charge is 2.13. The summed E-state index contributed by atoms with van der Waals surface area (Å²) in [5.41, 5.74) is 2.05. The maximum absolute atomic E-state index is 12.2. The van der Waals surface area contributed by atoms with E-state index in [1.165, 1.54) is 0 Å². The van der Waals surface area contributed by atoms with Crippen molar-refractivity contribution in [3.63, 3.8) is 0 Å². The summed E-state index contributed by atoms with van der Waals surface area (Å²) in [6.45, 7) is 4.49. The Morgan fingerprint density at radius 3 is 2.64 bits per heavy atom. The quantitative estimate of drug-likeness (QED) is 0.725. The third-order valence-corrected chi connectivity index (χ3v) is 5.19. The van der Waals surface area contributed by atoms with Crippen LogP contribution in [0.25, 0.3) is 0 Å². The molecular weight excluding hydrogens is 376 g/mol. The molecule has 0 saturated carbocycles. The molecule has 148 valence electrons. The fourth-order valence-electron chi connectivity index (χ4n) is 2.80. The first-order chi connectivity index (χ1) is 13.7. The van der Waals surface area contributed by atoms with Gasteiger partial charge in [-0.1, -0.05) is 0 Å². The first kappa shape index (κ1) is 20.0. The number of ether oxygens (including phenoxy) is 1. The van der Waals surface area contributed by atoms with E-state index >= 15 is 0 Å². The van der Waals surface area contributed by atoms with Gasteiger partial charge in [-0.05, 0) is 48.9 Å². The zero-order chi connectivity index (χ0) is 19.8. The highest BCUT2D eigenvalue weighted by Crippen LogP contribution is 2.18. The van der Waals surface area contributed by atoms with Gasteiger partial charge in [0.2, 0.25) is 0 Å². The van der Waals surface area contributed by atoms with Crippen molar-refractivity contribution in [1.82, 2.24) is 10.3 Å². The minimum absolute atomic E-state index is 0.309. The highest BCUT2D eigenvalue weighted by atomic mass is 32.2. The van der Waals surface area contributed by atoms with Crippen molar-refractivity contribution in [3.05, 3.63) is 53.7 Å². The van der Waals surface area contributed by atoms with E-state index < -0.39 is 0 Å². The van der Waals surface area contributed by atoms with Crippen molar-refractivity contribution in [3.8, 4) is 0 Å². The molecule has 1 aliphatic rings. The number of anilines is 2. The van der Waals surface area contributed by atoms with Gasteiger partial charge in [-0.15, -0.1) is 0 Å². The molecule has 0 unspecified atom stereocenters. The van der Waals surface area contributed by atoms with Crippen LogP contribution < -0.4 is 15.5 Å². The number of nitrogens with one attached hydrogen (secondary N) is 2. The van der Waals surface area contributed by atoms with E-state index in [9.17, 15) is 9.59 Å². The van der Waals surface area contributed by atoms with Gasteiger partial charge in [0.15, 0.2) is 0 Å². The Labute approximate surface area is 168 Å². The number of carbonyl (C=O) groups excluding carboxylic acids is 2. The summed E-state index contributed by atoms with van der Waals surface area (Å²) in [5, 5.41) is 5.60. The average molecular weight is 401 g/mol. The number of aromatic nitrogens is 1. The van der Waals surface area contributed by atoms with Gasteiger partial charge < -0.3 is 20.3 Å². The van der Waals surface area contributed by atoms with Crippen LogP contribution in [0.15, 0.2) is 42.6 Å². The monoisotopic (exact) mass is 400 g/mol. The predicted molar refractivity (Wildman–Crippen MR) is 112 cm³/mol. The minimum Gasteiger partial charge on any atom is -0.462 e. The van der Waals surface area contributed by atoms with Gasteiger partial charge in [-0.25, -0.2) is 14.6 Å². The molecule has 2 heterocycles. The van der Waals surface area contributed by atoms with Crippen molar-refractivity contribution >= 4 is 35.3 Å². The third kappa shape index (κ3) is 5.63. The molecule has 0 atom stereocenters. The van der Waals surface area contributed by atoms with E-state index in [4.69, 9.17) is 4.74 Å². The number of carbonyl (C=O) groups is 2. The second-order valence-corrected chi connectivity index (χ2v) is 7.45. The van der Waals surface area contributed by atoms with Crippen LogP contribution in [0.2, 0.25) is 0 Å². The second kappa shape index (κ2) is 9.98. The Bertz CT molecular complexity index is 807. The molecule has 0 aliphatic carbocycles. The molecule has 0 spiro atoms. The Balaban J connectivity index is 1.51. The number of nitrogens with zero attached hydrogens (tertiary/aromatic N) is 2. The average Bonchev–Trinajstić information content (AvgIpc) is 2.74. The number of rotatable bonds is 6. The number of urea groups is 1. The minimum atomic E-state index is -0.376. The largest absolute Gasteiger partial charge is 0.462 e. The molecule has 2 N–H and O–H groups in total. The molecule has 0 radical (unpaired) electrons. The second-order valence-electron chi connectivity index (χ2n) is 6.23. The van der Waals surface area contributed by atoms with Gasteiger partial charge in [0, 0.05) is 43.0 Å². The first-order valence-electron chi connectivity index (χ1n) is 9.25. The number of amides is 2. The maximum atomic E-state index is 12.2. The van der Waals surface area contributed by atoms with E-state index in [1.807, 2.05) is 23.9 Å². The first-order valence-corrected chi connectivity index (χ1v) is 10.4. The predicted octanol–water partition coefficient (Wildman–Crippen LogP) is 3.13. The molecule has 1 aromatic heterocycles.